The number of likely N-dealkylation sites (tertiary alicyclic amines) is 1. The van der Waals surface area contributed by atoms with E-state index in [2.05, 4.69) is 62.8 Å². The number of piperazine rings is 1. The summed E-state index contributed by atoms with van der Waals surface area (Å²) in [5.74, 6) is 0.0240. The topological polar surface area (TPSA) is 119 Å². The number of hydrogen-bond donors (Lipinski definition) is 3. The van der Waals surface area contributed by atoms with Gasteiger partial charge in [-0.15, -0.1) is 0 Å². The van der Waals surface area contributed by atoms with Crippen LogP contribution in [0.2, 0.25) is 5.02 Å². The van der Waals surface area contributed by atoms with E-state index >= 15 is 0 Å². The zero-order valence-corrected chi connectivity index (χ0v) is 35.8. The van der Waals surface area contributed by atoms with Gasteiger partial charge in [-0.05, 0) is 143 Å². The number of aromatic amines is 1. The van der Waals surface area contributed by atoms with Crippen LogP contribution >= 0.6 is 11.6 Å². The Labute approximate surface area is 352 Å². The van der Waals surface area contributed by atoms with Gasteiger partial charge in [-0.3, -0.25) is 9.69 Å². The molecular weight excluding hydrogens is 784 g/mol. The van der Waals surface area contributed by atoms with Gasteiger partial charge in [0.2, 0.25) is 0 Å². The number of carbonyl (C=O) groups excluding carboxylic acids is 1. The van der Waals surface area contributed by atoms with Crippen molar-refractivity contribution in [3.8, 4) is 11.5 Å². The van der Waals surface area contributed by atoms with Crippen molar-refractivity contribution < 1.29 is 22.7 Å². The molecular formula is C46H53ClN6O5S. The molecule has 0 spiro atoms. The van der Waals surface area contributed by atoms with Gasteiger partial charge >= 0.3 is 0 Å². The number of rotatable bonds is 11. The number of halogens is 1. The van der Waals surface area contributed by atoms with Gasteiger partial charge in [0.25, 0.3) is 15.9 Å². The molecule has 0 atom stereocenters. The van der Waals surface area contributed by atoms with E-state index < -0.39 is 15.9 Å². The van der Waals surface area contributed by atoms with Crippen molar-refractivity contribution in [3.05, 3.63) is 118 Å². The Bertz CT molecular complexity index is 2470. The molecule has 3 N–H and O–H groups in total. The van der Waals surface area contributed by atoms with Gasteiger partial charge in [-0.2, -0.15) is 0 Å². The number of H-pyrrole nitrogens is 1. The lowest BCUT2D eigenvalue weighted by Crippen LogP contribution is -2.47. The Morgan fingerprint density at radius 2 is 1.69 bits per heavy atom. The minimum atomic E-state index is -4.21. The molecule has 0 unspecified atom stereocenters. The standard InChI is InChI=1S/C46H53ClN6O5S/c1-31-25-39(11-14-42(31)49-36-16-19-51(4)20-17-36)59(55,56)50-45(54)40-12-9-37(27-44(40)58-38-10-13-43-33(26-38)15-18-48-43)53-23-21-52(22-24-53)29-34-30-57-46(2,3)28-41(34)32-5-7-35(47)8-6-32/h5-15,18,25-27,36,48-49H,16-17,19-24,28-30H2,1-4H3,(H,50,54). The summed E-state index contributed by atoms with van der Waals surface area (Å²) in [7, 11) is -2.08. The number of nitrogens with zero attached hydrogens (tertiary/aromatic N) is 3. The Hall–Kier alpha value is -4.85. The van der Waals surface area contributed by atoms with Crippen LogP contribution in [0.25, 0.3) is 16.5 Å². The highest BCUT2D eigenvalue weighted by atomic mass is 35.5. The zero-order valence-electron chi connectivity index (χ0n) is 34.2. The fraction of sp³-hybridized carbons (Fsp3) is 0.370. The molecule has 0 radical (unpaired) electrons. The Morgan fingerprint density at radius 3 is 2.44 bits per heavy atom. The number of aryl methyl sites for hydroxylation is 1. The molecule has 1 aromatic heterocycles. The molecule has 310 valence electrons. The Morgan fingerprint density at radius 1 is 0.932 bits per heavy atom. The molecule has 8 rings (SSSR count). The third-order valence-electron chi connectivity index (χ3n) is 11.8. The molecule has 1 amide bonds. The van der Waals surface area contributed by atoms with Gasteiger partial charge in [-0.1, -0.05) is 23.7 Å². The highest BCUT2D eigenvalue weighted by Gasteiger charge is 2.31. The van der Waals surface area contributed by atoms with E-state index in [1.165, 1.54) is 16.7 Å². The maximum Gasteiger partial charge on any atom is 0.268 e. The first-order valence-corrected chi connectivity index (χ1v) is 22.2. The quantitative estimate of drug-likeness (QED) is 0.121. The maximum atomic E-state index is 13.9. The highest BCUT2D eigenvalue weighted by Crippen LogP contribution is 2.37. The van der Waals surface area contributed by atoms with Crippen LogP contribution in [0.5, 0.6) is 11.5 Å². The number of piperidine rings is 1. The second-order valence-electron chi connectivity index (χ2n) is 16.7. The van der Waals surface area contributed by atoms with E-state index in [0.717, 1.165) is 97.9 Å². The van der Waals surface area contributed by atoms with Crippen molar-refractivity contribution in [1.29, 1.82) is 0 Å². The Kier molecular flexibility index (Phi) is 11.8. The van der Waals surface area contributed by atoms with Crippen molar-refractivity contribution in [2.24, 2.45) is 0 Å². The largest absolute Gasteiger partial charge is 0.456 e. The van der Waals surface area contributed by atoms with E-state index in [1.807, 2.05) is 61.7 Å². The summed E-state index contributed by atoms with van der Waals surface area (Å²) < 4.78 is 42.4. The lowest BCUT2D eigenvalue weighted by atomic mass is 9.87. The van der Waals surface area contributed by atoms with Crippen molar-refractivity contribution in [1.82, 2.24) is 19.5 Å². The number of ether oxygens (including phenoxy) is 2. The summed E-state index contributed by atoms with van der Waals surface area (Å²) in [4.78, 5) is 24.2. The SMILES string of the molecule is Cc1cc(S(=O)(=O)NC(=O)c2ccc(N3CCN(CC4=C(c5ccc(Cl)cc5)CC(C)(C)OC4)CC3)cc2Oc2ccc3[nH]ccc3c2)ccc1NC1CCN(C)CC1. The van der Waals surface area contributed by atoms with Crippen LogP contribution in [0, 0.1) is 6.92 Å². The van der Waals surface area contributed by atoms with Crippen molar-refractivity contribution in [3.63, 3.8) is 0 Å². The van der Waals surface area contributed by atoms with Gasteiger partial charge in [0, 0.05) is 84.7 Å². The van der Waals surface area contributed by atoms with Crippen molar-refractivity contribution >= 4 is 55.4 Å². The first-order chi connectivity index (χ1) is 28.3. The highest BCUT2D eigenvalue weighted by molar-refractivity contribution is 7.90. The first kappa shape index (κ1) is 40.9. The number of hydrogen-bond acceptors (Lipinski definition) is 9. The van der Waals surface area contributed by atoms with Crippen LogP contribution in [-0.2, 0) is 14.8 Å². The molecule has 2 saturated heterocycles. The molecule has 4 heterocycles. The van der Waals surface area contributed by atoms with Gasteiger partial charge in [0.05, 0.1) is 22.7 Å². The third-order valence-corrected chi connectivity index (χ3v) is 13.4. The third kappa shape index (κ3) is 9.63. The second-order valence-corrected chi connectivity index (χ2v) is 18.8. The average molecular weight is 837 g/mol. The minimum Gasteiger partial charge on any atom is -0.456 e. The molecule has 0 saturated carbocycles. The van der Waals surface area contributed by atoms with E-state index in [1.54, 1.807) is 24.3 Å². The van der Waals surface area contributed by atoms with E-state index in [9.17, 15) is 13.2 Å². The molecule has 0 aliphatic carbocycles. The zero-order chi connectivity index (χ0) is 41.3. The van der Waals surface area contributed by atoms with E-state index in [4.69, 9.17) is 21.1 Å². The number of aromatic nitrogens is 1. The molecule has 11 nitrogen and oxygen atoms in total. The fourth-order valence-electron chi connectivity index (χ4n) is 8.28. The maximum absolute atomic E-state index is 13.9. The summed E-state index contributed by atoms with van der Waals surface area (Å²) in [5, 5.41) is 5.25. The van der Waals surface area contributed by atoms with Gasteiger partial charge in [-0.25, -0.2) is 13.1 Å². The predicted molar refractivity (Wildman–Crippen MR) is 236 cm³/mol. The van der Waals surface area contributed by atoms with Crippen LogP contribution in [-0.4, -0.2) is 100 Å². The van der Waals surface area contributed by atoms with Crippen molar-refractivity contribution in [2.75, 3.05) is 69.7 Å². The number of amides is 1. The number of sulfonamides is 1. The normalized spacial score (nSPS) is 18.3. The second kappa shape index (κ2) is 17.0. The van der Waals surface area contributed by atoms with E-state index in [-0.39, 0.29) is 21.8 Å². The number of benzene rings is 4. The molecule has 59 heavy (non-hydrogen) atoms. The number of anilines is 2. The fourth-order valence-corrected chi connectivity index (χ4v) is 9.46. The number of fused-ring (bicyclic) bond motifs is 1. The molecule has 4 aromatic carbocycles. The summed E-state index contributed by atoms with van der Waals surface area (Å²) in [6.45, 7) is 12.7. The average Bonchev–Trinajstić information content (AvgIpc) is 3.69. The van der Waals surface area contributed by atoms with Crippen LogP contribution in [0.4, 0.5) is 11.4 Å². The molecule has 2 fully saturated rings. The summed E-state index contributed by atoms with van der Waals surface area (Å²) in [6, 6.07) is 26.3. The van der Waals surface area contributed by atoms with Crippen molar-refractivity contribution in [2.45, 2.75) is 56.6 Å². The molecule has 3 aliphatic rings. The molecule has 13 heteroatoms. The molecule has 5 aromatic rings. The summed E-state index contributed by atoms with van der Waals surface area (Å²) in [6.07, 6.45) is 4.72. The predicted octanol–water partition coefficient (Wildman–Crippen LogP) is 8.32. The number of carbonyl (C=O) groups is 1. The monoisotopic (exact) mass is 836 g/mol. The van der Waals surface area contributed by atoms with Crippen LogP contribution in [0.15, 0.2) is 102 Å². The smallest absolute Gasteiger partial charge is 0.268 e. The lowest BCUT2D eigenvalue weighted by Gasteiger charge is -2.39. The van der Waals surface area contributed by atoms with Crippen LogP contribution in [0.3, 0.4) is 0 Å². The van der Waals surface area contributed by atoms with Gasteiger partial charge < -0.3 is 29.6 Å². The van der Waals surface area contributed by atoms with Gasteiger partial charge in [0.15, 0.2) is 0 Å². The molecule has 0 bridgehead atoms. The summed E-state index contributed by atoms with van der Waals surface area (Å²) >= 11 is 6.23. The lowest BCUT2D eigenvalue weighted by molar-refractivity contribution is -0.0101. The number of nitrogens with one attached hydrogen (secondary N) is 3. The van der Waals surface area contributed by atoms with Crippen LogP contribution in [0.1, 0.15) is 54.6 Å². The summed E-state index contributed by atoms with van der Waals surface area (Å²) in [5.41, 5.74) is 7.19. The van der Waals surface area contributed by atoms with Crippen LogP contribution < -0.4 is 19.7 Å². The minimum absolute atomic E-state index is 0.0201. The van der Waals surface area contributed by atoms with Gasteiger partial charge in [0.1, 0.15) is 11.5 Å². The van der Waals surface area contributed by atoms with E-state index in [0.29, 0.717) is 18.4 Å². The Balaban J connectivity index is 0.992. The first-order valence-electron chi connectivity index (χ1n) is 20.4. The molecule has 3 aliphatic heterocycles.